The average molecular weight is 254 g/mol. The molecule has 0 amide bonds. The minimum absolute atomic E-state index is 0.120. The molecule has 0 aromatic heterocycles. The zero-order valence-electron chi connectivity index (χ0n) is 11.5. The Balaban J connectivity index is 1.65. The lowest BCUT2D eigenvalue weighted by Gasteiger charge is -2.50. The summed E-state index contributed by atoms with van der Waals surface area (Å²) in [6.07, 6.45) is 8.69. The molecule has 1 saturated carbocycles. The summed E-state index contributed by atoms with van der Waals surface area (Å²) in [6, 6.07) is 0. The lowest BCUT2D eigenvalue weighted by Crippen LogP contribution is -2.54. The van der Waals surface area contributed by atoms with Crippen LogP contribution in [0.1, 0.15) is 58.3 Å². The molecular formula is C15H26O3. The van der Waals surface area contributed by atoms with Crippen molar-refractivity contribution < 1.29 is 14.6 Å². The minimum atomic E-state index is -0.320. The van der Waals surface area contributed by atoms with Gasteiger partial charge in [0.1, 0.15) is 0 Å². The lowest BCUT2D eigenvalue weighted by molar-refractivity contribution is -0.197. The molecule has 3 unspecified atom stereocenters. The zero-order chi connectivity index (χ0) is 12.6. The van der Waals surface area contributed by atoms with Gasteiger partial charge in [0.2, 0.25) is 0 Å². The van der Waals surface area contributed by atoms with Crippen molar-refractivity contribution in [2.45, 2.75) is 75.6 Å². The van der Waals surface area contributed by atoms with Crippen LogP contribution in [0, 0.1) is 5.92 Å². The molecule has 18 heavy (non-hydrogen) atoms. The number of ether oxygens (including phenoxy) is 2. The Morgan fingerprint density at radius 1 is 1.06 bits per heavy atom. The summed E-state index contributed by atoms with van der Waals surface area (Å²) >= 11 is 0. The standard InChI is InChI=1S/C15H26O3/c1-14(6-2-3-9-17-14)13(16)12-5-10-18-15(11-12)7-4-8-15/h12-13,16H,2-11H2,1H3. The zero-order valence-corrected chi connectivity index (χ0v) is 11.5. The van der Waals surface area contributed by atoms with Gasteiger partial charge in [-0.1, -0.05) is 0 Å². The van der Waals surface area contributed by atoms with Crippen molar-refractivity contribution in [3.8, 4) is 0 Å². The fraction of sp³-hybridized carbons (Fsp3) is 1.00. The molecule has 1 aliphatic carbocycles. The minimum Gasteiger partial charge on any atom is -0.390 e. The van der Waals surface area contributed by atoms with E-state index in [4.69, 9.17) is 9.47 Å². The van der Waals surface area contributed by atoms with Crippen molar-refractivity contribution in [1.82, 2.24) is 0 Å². The predicted octanol–water partition coefficient (Wildman–Crippen LogP) is 2.66. The van der Waals surface area contributed by atoms with Crippen LogP contribution in [0.25, 0.3) is 0 Å². The number of hydrogen-bond donors (Lipinski definition) is 1. The van der Waals surface area contributed by atoms with Crippen LogP contribution < -0.4 is 0 Å². The first-order valence-corrected chi connectivity index (χ1v) is 7.60. The second-order valence-corrected chi connectivity index (χ2v) is 6.70. The van der Waals surface area contributed by atoms with Crippen molar-refractivity contribution in [3.05, 3.63) is 0 Å². The van der Waals surface area contributed by atoms with Gasteiger partial charge in [-0.2, -0.15) is 0 Å². The highest BCUT2D eigenvalue weighted by atomic mass is 16.5. The van der Waals surface area contributed by atoms with Crippen LogP contribution in [0.15, 0.2) is 0 Å². The molecule has 0 radical (unpaired) electrons. The fourth-order valence-electron chi connectivity index (χ4n) is 3.94. The third kappa shape index (κ3) is 2.21. The Hall–Kier alpha value is -0.120. The molecule has 3 heteroatoms. The van der Waals surface area contributed by atoms with Crippen molar-refractivity contribution in [2.24, 2.45) is 5.92 Å². The van der Waals surface area contributed by atoms with Gasteiger partial charge in [-0.15, -0.1) is 0 Å². The smallest absolute Gasteiger partial charge is 0.0914 e. The summed E-state index contributed by atoms with van der Waals surface area (Å²) in [6.45, 7) is 3.72. The van der Waals surface area contributed by atoms with E-state index in [0.717, 1.165) is 38.9 Å². The molecule has 0 aromatic carbocycles. The molecular weight excluding hydrogens is 228 g/mol. The first-order valence-electron chi connectivity index (χ1n) is 7.60. The first kappa shape index (κ1) is 12.9. The third-order valence-corrected chi connectivity index (χ3v) is 5.37. The molecule has 3 nitrogen and oxygen atoms in total. The topological polar surface area (TPSA) is 38.7 Å². The van der Waals surface area contributed by atoms with Gasteiger partial charge < -0.3 is 14.6 Å². The summed E-state index contributed by atoms with van der Waals surface area (Å²) in [5.41, 5.74) is -0.194. The van der Waals surface area contributed by atoms with Crippen LogP contribution >= 0.6 is 0 Å². The number of rotatable bonds is 2. The average Bonchev–Trinajstić information content (AvgIpc) is 2.37. The number of hydrogen-bond acceptors (Lipinski definition) is 3. The maximum atomic E-state index is 10.7. The summed E-state index contributed by atoms with van der Waals surface area (Å²) in [5.74, 6) is 0.363. The molecule has 104 valence electrons. The van der Waals surface area contributed by atoms with E-state index in [1.807, 2.05) is 0 Å². The monoisotopic (exact) mass is 254 g/mol. The van der Waals surface area contributed by atoms with E-state index in [2.05, 4.69) is 6.92 Å². The van der Waals surface area contributed by atoms with E-state index >= 15 is 0 Å². The molecule has 0 aromatic rings. The Morgan fingerprint density at radius 2 is 1.89 bits per heavy atom. The Kier molecular flexibility index (Phi) is 3.41. The predicted molar refractivity (Wildman–Crippen MR) is 69.5 cm³/mol. The van der Waals surface area contributed by atoms with Crippen LogP contribution in [0.5, 0.6) is 0 Å². The van der Waals surface area contributed by atoms with E-state index in [-0.39, 0.29) is 17.3 Å². The van der Waals surface area contributed by atoms with E-state index in [1.54, 1.807) is 0 Å². The van der Waals surface area contributed by atoms with Gasteiger partial charge in [-0.05, 0) is 64.2 Å². The number of aliphatic hydroxyl groups excluding tert-OH is 1. The van der Waals surface area contributed by atoms with Crippen LogP contribution in [0.3, 0.4) is 0 Å². The maximum Gasteiger partial charge on any atom is 0.0914 e. The SMILES string of the molecule is CC1(C(O)C2CCOC3(CCC3)C2)CCCCO1. The lowest BCUT2D eigenvalue weighted by atomic mass is 9.68. The highest BCUT2D eigenvalue weighted by Crippen LogP contribution is 2.47. The van der Waals surface area contributed by atoms with Gasteiger partial charge in [0, 0.05) is 13.2 Å². The van der Waals surface area contributed by atoms with Gasteiger partial charge in [0.05, 0.1) is 17.3 Å². The van der Waals surface area contributed by atoms with Gasteiger partial charge in [0.15, 0.2) is 0 Å². The molecule has 3 aliphatic rings. The summed E-state index contributed by atoms with van der Waals surface area (Å²) in [7, 11) is 0. The molecule has 2 saturated heterocycles. The maximum absolute atomic E-state index is 10.7. The molecule has 3 rings (SSSR count). The summed E-state index contributed by atoms with van der Waals surface area (Å²) in [5, 5.41) is 10.7. The van der Waals surface area contributed by atoms with Crippen molar-refractivity contribution in [3.63, 3.8) is 0 Å². The van der Waals surface area contributed by atoms with Gasteiger partial charge >= 0.3 is 0 Å². The van der Waals surface area contributed by atoms with Crippen LogP contribution in [-0.4, -0.2) is 35.6 Å². The molecule has 3 fully saturated rings. The second kappa shape index (κ2) is 4.77. The van der Waals surface area contributed by atoms with E-state index < -0.39 is 0 Å². The van der Waals surface area contributed by atoms with Crippen molar-refractivity contribution in [2.75, 3.05) is 13.2 Å². The van der Waals surface area contributed by atoms with Crippen LogP contribution in [-0.2, 0) is 9.47 Å². The molecule has 2 aliphatic heterocycles. The largest absolute Gasteiger partial charge is 0.390 e. The summed E-state index contributed by atoms with van der Waals surface area (Å²) < 4.78 is 11.9. The Bertz CT molecular complexity index is 292. The van der Waals surface area contributed by atoms with Gasteiger partial charge in [-0.25, -0.2) is 0 Å². The Morgan fingerprint density at radius 3 is 2.50 bits per heavy atom. The highest BCUT2D eigenvalue weighted by Gasteiger charge is 2.48. The Labute approximate surface area is 110 Å². The van der Waals surface area contributed by atoms with Crippen molar-refractivity contribution >= 4 is 0 Å². The van der Waals surface area contributed by atoms with Crippen LogP contribution in [0.2, 0.25) is 0 Å². The normalized spacial score (nSPS) is 41.3. The molecule has 1 N–H and O–H groups in total. The second-order valence-electron chi connectivity index (χ2n) is 6.70. The van der Waals surface area contributed by atoms with Gasteiger partial charge in [0.25, 0.3) is 0 Å². The fourth-order valence-corrected chi connectivity index (χ4v) is 3.94. The molecule has 3 atom stereocenters. The number of aliphatic hydroxyl groups is 1. The van der Waals surface area contributed by atoms with Crippen LogP contribution in [0.4, 0.5) is 0 Å². The highest BCUT2D eigenvalue weighted by molar-refractivity contribution is 4.99. The quantitative estimate of drug-likeness (QED) is 0.823. The van der Waals surface area contributed by atoms with Gasteiger partial charge in [-0.3, -0.25) is 0 Å². The third-order valence-electron chi connectivity index (χ3n) is 5.37. The van der Waals surface area contributed by atoms with E-state index in [9.17, 15) is 5.11 Å². The van der Waals surface area contributed by atoms with E-state index in [0.29, 0.717) is 5.92 Å². The summed E-state index contributed by atoms with van der Waals surface area (Å²) in [4.78, 5) is 0. The molecule has 0 bridgehead atoms. The molecule has 2 heterocycles. The first-order chi connectivity index (χ1) is 8.64. The molecule has 1 spiro atoms. The van der Waals surface area contributed by atoms with E-state index in [1.165, 1.54) is 25.7 Å². The van der Waals surface area contributed by atoms with Crippen molar-refractivity contribution in [1.29, 1.82) is 0 Å².